The molecule has 0 fully saturated rings. The van der Waals surface area contributed by atoms with Crippen LogP contribution in [0.1, 0.15) is 16.8 Å². The van der Waals surface area contributed by atoms with Crippen molar-refractivity contribution in [3.63, 3.8) is 0 Å². The van der Waals surface area contributed by atoms with Crippen molar-refractivity contribution in [2.75, 3.05) is 5.33 Å². The lowest BCUT2D eigenvalue weighted by atomic mass is 10.1. The number of benzene rings is 1. The molecule has 1 aromatic heterocycles. The summed E-state index contributed by atoms with van der Waals surface area (Å²) < 4.78 is 6.37. The fourth-order valence-corrected chi connectivity index (χ4v) is 2.55. The minimum Gasteiger partial charge on any atom is -0.355 e. The second kappa shape index (κ2) is 4.26. The van der Waals surface area contributed by atoms with E-state index in [1.54, 1.807) is 0 Å². The first-order valence-corrected chi connectivity index (χ1v) is 6.66. The zero-order chi connectivity index (χ0) is 11.0. The minimum atomic E-state index is 0.856. The van der Waals surface area contributed by atoms with Gasteiger partial charge in [-0.05, 0) is 47.0 Å². The summed E-state index contributed by atoms with van der Waals surface area (Å²) in [5, 5.41) is 6.11. The molecular weight excluding hydrogens is 322 g/mol. The van der Waals surface area contributed by atoms with E-state index >= 15 is 0 Å². The summed E-state index contributed by atoms with van der Waals surface area (Å²) in [5.41, 5.74) is 4.34. The van der Waals surface area contributed by atoms with Gasteiger partial charge in [-0.1, -0.05) is 21.1 Å². The summed E-state index contributed by atoms with van der Waals surface area (Å²) >= 11 is 6.97. The first-order chi connectivity index (χ1) is 7.15. The lowest BCUT2D eigenvalue weighted by Gasteiger charge is -2.02. The molecule has 0 aliphatic carbocycles. The van der Waals surface area contributed by atoms with Crippen LogP contribution in [0.3, 0.4) is 0 Å². The van der Waals surface area contributed by atoms with E-state index in [0.29, 0.717) is 0 Å². The van der Waals surface area contributed by atoms with Crippen LogP contribution < -0.4 is 0 Å². The van der Waals surface area contributed by atoms with Gasteiger partial charge in [0, 0.05) is 17.1 Å². The molecule has 0 spiro atoms. The van der Waals surface area contributed by atoms with E-state index in [0.717, 1.165) is 32.9 Å². The molecule has 1 heterocycles. The Morgan fingerprint density at radius 1 is 1.40 bits per heavy atom. The molecule has 0 unspecified atom stereocenters. The predicted octanol–water partition coefficient (Wildman–Crippen LogP) is 4.14. The van der Waals surface area contributed by atoms with Gasteiger partial charge in [-0.3, -0.25) is 0 Å². The molecule has 0 atom stereocenters. The SMILES string of the molecule is Cc1cc2c(CCBr)noc2c(Br)c1C. The zero-order valence-electron chi connectivity index (χ0n) is 8.60. The van der Waals surface area contributed by atoms with Crippen molar-refractivity contribution < 1.29 is 4.52 Å². The number of hydrogen-bond acceptors (Lipinski definition) is 2. The molecule has 2 nitrogen and oxygen atoms in total. The van der Waals surface area contributed by atoms with Gasteiger partial charge in [-0.15, -0.1) is 0 Å². The largest absolute Gasteiger partial charge is 0.355 e. The van der Waals surface area contributed by atoms with Gasteiger partial charge in [0.1, 0.15) is 0 Å². The third-order valence-electron chi connectivity index (χ3n) is 2.61. The van der Waals surface area contributed by atoms with Crippen LogP contribution in [0.15, 0.2) is 15.1 Å². The third-order valence-corrected chi connectivity index (χ3v) is 3.97. The monoisotopic (exact) mass is 331 g/mol. The number of nitrogens with zero attached hydrogens (tertiary/aromatic N) is 1. The van der Waals surface area contributed by atoms with Crippen LogP contribution in [0.5, 0.6) is 0 Å². The summed E-state index contributed by atoms with van der Waals surface area (Å²) in [6.45, 7) is 4.18. The van der Waals surface area contributed by atoms with E-state index in [2.05, 4.69) is 56.9 Å². The average Bonchev–Trinajstić information content (AvgIpc) is 2.59. The fourth-order valence-electron chi connectivity index (χ4n) is 1.58. The van der Waals surface area contributed by atoms with E-state index in [4.69, 9.17) is 4.52 Å². The Balaban J connectivity index is 2.71. The molecule has 2 rings (SSSR count). The lowest BCUT2D eigenvalue weighted by Crippen LogP contribution is -1.88. The minimum absolute atomic E-state index is 0.856. The number of halogens is 2. The van der Waals surface area contributed by atoms with Gasteiger partial charge in [0.05, 0.1) is 10.2 Å². The Labute approximate surface area is 105 Å². The van der Waals surface area contributed by atoms with Gasteiger partial charge < -0.3 is 4.52 Å². The highest BCUT2D eigenvalue weighted by molar-refractivity contribution is 9.10. The summed E-state index contributed by atoms with van der Waals surface area (Å²) in [6, 6.07) is 2.14. The first-order valence-electron chi connectivity index (χ1n) is 4.75. The number of aryl methyl sites for hydroxylation is 2. The van der Waals surface area contributed by atoms with Crippen molar-refractivity contribution in [3.8, 4) is 0 Å². The first kappa shape index (κ1) is 11.1. The van der Waals surface area contributed by atoms with Gasteiger partial charge >= 0.3 is 0 Å². The van der Waals surface area contributed by atoms with Crippen molar-refractivity contribution in [1.29, 1.82) is 0 Å². The average molecular weight is 333 g/mol. The molecule has 2 aromatic rings. The molecule has 0 N–H and O–H groups in total. The van der Waals surface area contributed by atoms with Crippen LogP contribution >= 0.6 is 31.9 Å². The molecule has 4 heteroatoms. The highest BCUT2D eigenvalue weighted by Gasteiger charge is 2.13. The van der Waals surface area contributed by atoms with Gasteiger partial charge in [-0.25, -0.2) is 0 Å². The van der Waals surface area contributed by atoms with Crippen LogP contribution in [-0.4, -0.2) is 10.5 Å². The number of hydrogen-bond donors (Lipinski definition) is 0. The molecule has 1 aromatic carbocycles. The topological polar surface area (TPSA) is 26.0 Å². The highest BCUT2D eigenvalue weighted by Crippen LogP contribution is 2.32. The second-order valence-electron chi connectivity index (χ2n) is 3.58. The lowest BCUT2D eigenvalue weighted by molar-refractivity contribution is 0.446. The van der Waals surface area contributed by atoms with E-state index in [-0.39, 0.29) is 0 Å². The molecule has 15 heavy (non-hydrogen) atoms. The maximum atomic E-state index is 5.35. The van der Waals surface area contributed by atoms with E-state index in [9.17, 15) is 0 Å². The number of rotatable bonds is 2. The van der Waals surface area contributed by atoms with Crippen molar-refractivity contribution in [1.82, 2.24) is 5.16 Å². The summed E-state index contributed by atoms with van der Waals surface area (Å²) in [6.07, 6.45) is 0.891. The number of alkyl halides is 1. The van der Waals surface area contributed by atoms with Crippen LogP contribution in [0.25, 0.3) is 11.0 Å². The third kappa shape index (κ3) is 1.85. The van der Waals surface area contributed by atoms with Gasteiger partial charge in [0.2, 0.25) is 0 Å². The summed E-state index contributed by atoms with van der Waals surface area (Å²) in [4.78, 5) is 0. The van der Waals surface area contributed by atoms with Crippen molar-refractivity contribution in [2.24, 2.45) is 0 Å². The molecule has 80 valence electrons. The van der Waals surface area contributed by atoms with Gasteiger partial charge in [0.15, 0.2) is 5.58 Å². The van der Waals surface area contributed by atoms with Gasteiger partial charge in [0.25, 0.3) is 0 Å². The molecule has 0 aliphatic heterocycles. The number of fused-ring (bicyclic) bond motifs is 1. The van der Waals surface area contributed by atoms with Crippen molar-refractivity contribution >= 4 is 42.8 Å². The van der Waals surface area contributed by atoms with Crippen LogP contribution in [-0.2, 0) is 6.42 Å². The van der Waals surface area contributed by atoms with Crippen molar-refractivity contribution in [2.45, 2.75) is 20.3 Å². The summed E-state index contributed by atoms with van der Waals surface area (Å²) in [5.74, 6) is 0. The van der Waals surface area contributed by atoms with Crippen molar-refractivity contribution in [3.05, 3.63) is 27.4 Å². The fraction of sp³-hybridized carbons (Fsp3) is 0.364. The molecule has 0 saturated heterocycles. The van der Waals surface area contributed by atoms with Crippen LogP contribution in [0.2, 0.25) is 0 Å². The Morgan fingerprint density at radius 3 is 2.80 bits per heavy atom. The standard InChI is InChI=1S/C11H11Br2NO/c1-6-5-8-9(3-4-12)14-15-11(8)10(13)7(6)2/h5H,3-4H2,1-2H3. The predicted molar refractivity (Wildman–Crippen MR) is 68.7 cm³/mol. The van der Waals surface area contributed by atoms with E-state index in [1.807, 2.05) is 0 Å². The maximum Gasteiger partial charge on any atom is 0.181 e. The Kier molecular flexibility index (Phi) is 3.16. The molecule has 0 saturated carbocycles. The Bertz CT molecular complexity index is 505. The van der Waals surface area contributed by atoms with Crippen LogP contribution in [0.4, 0.5) is 0 Å². The molecule has 0 radical (unpaired) electrons. The number of aromatic nitrogens is 1. The van der Waals surface area contributed by atoms with Gasteiger partial charge in [-0.2, -0.15) is 0 Å². The molecule has 0 aliphatic rings. The van der Waals surface area contributed by atoms with E-state index in [1.165, 1.54) is 11.1 Å². The van der Waals surface area contributed by atoms with E-state index < -0.39 is 0 Å². The highest BCUT2D eigenvalue weighted by atomic mass is 79.9. The van der Waals surface area contributed by atoms with Crippen LogP contribution in [0, 0.1) is 13.8 Å². The Morgan fingerprint density at radius 2 is 2.13 bits per heavy atom. The zero-order valence-corrected chi connectivity index (χ0v) is 11.8. The normalized spacial score (nSPS) is 11.2. The molecule has 0 bridgehead atoms. The molecular formula is C11H11Br2NO. The molecule has 0 amide bonds. The second-order valence-corrected chi connectivity index (χ2v) is 5.16. The quantitative estimate of drug-likeness (QED) is 0.772. The Hall–Kier alpha value is -0.350. The smallest absolute Gasteiger partial charge is 0.181 e. The maximum absolute atomic E-state index is 5.35. The summed E-state index contributed by atoms with van der Waals surface area (Å²) in [7, 11) is 0.